The van der Waals surface area contributed by atoms with E-state index in [2.05, 4.69) is 14.7 Å². The first kappa shape index (κ1) is 21.8. The van der Waals surface area contributed by atoms with Gasteiger partial charge in [0, 0.05) is 30.3 Å². The minimum absolute atomic E-state index is 0.0153. The molecule has 0 saturated carbocycles. The maximum atomic E-state index is 14.9. The van der Waals surface area contributed by atoms with Crippen LogP contribution in [0.25, 0.3) is 0 Å². The quantitative estimate of drug-likeness (QED) is 0.703. The Labute approximate surface area is 176 Å². The van der Waals surface area contributed by atoms with Gasteiger partial charge in [-0.15, -0.1) is 0 Å². The second-order valence-corrected chi connectivity index (χ2v) is 9.18. The number of fused-ring (bicyclic) bond motifs is 1. The molecule has 1 saturated heterocycles. The fraction of sp³-hybridized carbons (Fsp3) is 0.474. The van der Waals surface area contributed by atoms with E-state index >= 15 is 0 Å². The van der Waals surface area contributed by atoms with Crippen molar-refractivity contribution in [3.63, 3.8) is 0 Å². The van der Waals surface area contributed by atoms with Crippen LogP contribution >= 0.6 is 0 Å². The van der Waals surface area contributed by atoms with Crippen molar-refractivity contribution in [2.45, 2.75) is 36.4 Å². The Balaban J connectivity index is 1.57. The summed E-state index contributed by atoms with van der Waals surface area (Å²) >= 11 is 0. The summed E-state index contributed by atoms with van der Waals surface area (Å²) in [5.74, 6) is -2.11. The molecule has 0 spiro atoms. The molecule has 0 unspecified atom stereocenters. The fourth-order valence-electron chi connectivity index (χ4n) is 4.04. The first-order valence-electron chi connectivity index (χ1n) is 9.71. The Bertz CT molecular complexity index is 1040. The van der Waals surface area contributed by atoms with E-state index in [1.165, 1.54) is 12.3 Å². The van der Waals surface area contributed by atoms with Crippen LogP contribution in [0.3, 0.4) is 0 Å². The summed E-state index contributed by atoms with van der Waals surface area (Å²) in [7, 11) is -4.28. The van der Waals surface area contributed by atoms with Crippen LogP contribution < -0.4 is 9.46 Å². The third-order valence-electron chi connectivity index (χ3n) is 5.62. The van der Waals surface area contributed by atoms with Crippen LogP contribution in [-0.2, 0) is 10.0 Å². The number of rotatable bonds is 4. The van der Waals surface area contributed by atoms with E-state index < -0.39 is 32.8 Å². The van der Waals surface area contributed by atoms with Crippen LogP contribution in [0, 0.1) is 11.7 Å². The highest BCUT2D eigenvalue weighted by molar-refractivity contribution is 7.92. The molecule has 3 heterocycles. The number of anilines is 1. The molecular weight excluding hydrogens is 440 g/mol. The van der Waals surface area contributed by atoms with E-state index in [9.17, 15) is 26.0 Å². The lowest BCUT2D eigenvalue weighted by molar-refractivity contribution is -0.186. The van der Waals surface area contributed by atoms with E-state index in [0.717, 1.165) is 18.5 Å². The first-order valence-corrected chi connectivity index (χ1v) is 11.2. The number of benzene rings is 1. The molecule has 0 radical (unpaired) electrons. The second kappa shape index (κ2) is 8.23. The summed E-state index contributed by atoms with van der Waals surface area (Å²) in [6.45, 7) is 0.706. The highest BCUT2D eigenvalue weighted by Crippen LogP contribution is 2.42. The van der Waals surface area contributed by atoms with Gasteiger partial charge in [-0.25, -0.2) is 22.8 Å². The number of halogens is 4. The summed E-state index contributed by atoms with van der Waals surface area (Å²) < 4.78 is 86.8. The molecule has 31 heavy (non-hydrogen) atoms. The van der Waals surface area contributed by atoms with E-state index in [0.29, 0.717) is 12.0 Å². The van der Waals surface area contributed by atoms with Crippen molar-refractivity contribution < 1.29 is 30.7 Å². The van der Waals surface area contributed by atoms with Crippen molar-refractivity contribution in [3.8, 4) is 5.75 Å². The molecular formula is C19H20F4N4O3S. The van der Waals surface area contributed by atoms with Gasteiger partial charge in [0.25, 0.3) is 10.0 Å². The second-order valence-electron chi connectivity index (χ2n) is 7.53. The normalized spacial score (nSPS) is 20.7. The smallest absolute Gasteiger partial charge is 0.391 e. The number of nitrogens with zero attached hydrogens (tertiary/aromatic N) is 3. The molecule has 2 aromatic rings. The van der Waals surface area contributed by atoms with Crippen LogP contribution in [0.2, 0.25) is 0 Å². The van der Waals surface area contributed by atoms with Gasteiger partial charge in [0.1, 0.15) is 28.6 Å². The molecule has 1 atom stereocenters. The van der Waals surface area contributed by atoms with E-state index in [1.807, 2.05) is 4.90 Å². The Morgan fingerprint density at radius 1 is 1.16 bits per heavy atom. The molecule has 168 valence electrons. The molecule has 0 amide bonds. The molecule has 1 aromatic heterocycles. The van der Waals surface area contributed by atoms with Gasteiger partial charge in [-0.05, 0) is 38.1 Å². The zero-order valence-corrected chi connectivity index (χ0v) is 17.1. The number of likely N-dealkylation sites (tertiary alicyclic amines) is 1. The molecule has 2 aliphatic rings. The van der Waals surface area contributed by atoms with Crippen LogP contribution in [0.4, 0.5) is 23.4 Å². The van der Waals surface area contributed by atoms with Gasteiger partial charge >= 0.3 is 6.18 Å². The van der Waals surface area contributed by atoms with Gasteiger partial charge in [0.05, 0.1) is 12.5 Å². The molecule has 1 aromatic carbocycles. The van der Waals surface area contributed by atoms with Gasteiger partial charge in [-0.3, -0.25) is 9.62 Å². The molecule has 0 aliphatic carbocycles. The predicted molar refractivity (Wildman–Crippen MR) is 102 cm³/mol. The standard InChI is InChI=1S/C19H20F4N4O3S/c20-14-9-13-15(27-6-2-12(3-7-27)19(21,22)23)4-8-30-16(13)10-17(14)31(28,29)26-18-1-5-24-11-25-18/h1,5,9-12,15H,2-4,6-8H2,(H,24,25,26)/t15-/m0/s1. The van der Waals surface area contributed by atoms with Crippen molar-refractivity contribution in [2.75, 3.05) is 24.4 Å². The molecule has 0 bridgehead atoms. The minimum atomic E-state index is -4.28. The predicted octanol–water partition coefficient (Wildman–Crippen LogP) is 3.51. The Hall–Kier alpha value is -2.47. The van der Waals surface area contributed by atoms with Crippen molar-refractivity contribution in [2.24, 2.45) is 5.92 Å². The lowest BCUT2D eigenvalue weighted by Crippen LogP contribution is -2.42. The topological polar surface area (TPSA) is 84.4 Å². The number of hydrogen-bond acceptors (Lipinski definition) is 6. The van der Waals surface area contributed by atoms with Crippen molar-refractivity contribution in [1.82, 2.24) is 14.9 Å². The average molecular weight is 460 g/mol. The molecule has 1 N–H and O–H groups in total. The van der Waals surface area contributed by atoms with Crippen LogP contribution in [-0.4, -0.2) is 49.2 Å². The molecule has 4 rings (SSSR count). The number of piperidine rings is 1. The van der Waals surface area contributed by atoms with Crippen LogP contribution in [0.15, 0.2) is 35.6 Å². The van der Waals surface area contributed by atoms with Gasteiger partial charge in [0.15, 0.2) is 0 Å². The highest BCUT2D eigenvalue weighted by atomic mass is 32.2. The van der Waals surface area contributed by atoms with Gasteiger partial charge in [0.2, 0.25) is 0 Å². The van der Waals surface area contributed by atoms with Gasteiger partial charge in [-0.1, -0.05) is 0 Å². The van der Waals surface area contributed by atoms with Crippen molar-refractivity contribution >= 4 is 15.8 Å². The van der Waals surface area contributed by atoms with E-state index in [-0.39, 0.29) is 50.1 Å². The number of nitrogens with one attached hydrogen (secondary N) is 1. The molecule has 12 heteroatoms. The molecule has 7 nitrogen and oxygen atoms in total. The lowest BCUT2D eigenvalue weighted by atomic mass is 9.92. The van der Waals surface area contributed by atoms with Gasteiger partial charge in [-0.2, -0.15) is 13.2 Å². The highest BCUT2D eigenvalue weighted by Gasteiger charge is 2.42. The third-order valence-corrected chi connectivity index (χ3v) is 6.99. The van der Waals surface area contributed by atoms with Gasteiger partial charge < -0.3 is 4.74 Å². The largest absolute Gasteiger partial charge is 0.493 e. The summed E-state index contributed by atoms with van der Waals surface area (Å²) in [6.07, 6.45) is -1.29. The van der Waals surface area contributed by atoms with Crippen molar-refractivity contribution in [1.29, 1.82) is 0 Å². The zero-order valence-electron chi connectivity index (χ0n) is 16.3. The summed E-state index contributed by atoms with van der Waals surface area (Å²) in [6, 6.07) is 3.20. The molecule has 2 aliphatic heterocycles. The Kier molecular flexibility index (Phi) is 5.77. The SMILES string of the molecule is O=S(=O)(Nc1ccncn1)c1cc2c(cc1F)[C@@H](N1CCC(C(F)(F)F)CC1)CCO2. The molecule has 1 fully saturated rings. The lowest BCUT2D eigenvalue weighted by Gasteiger charge is -2.40. The number of ether oxygens (including phenoxy) is 1. The maximum Gasteiger partial charge on any atom is 0.391 e. The number of alkyl halides is 3. The monoisotopic (exact) mass is 460 g/mol. The van der Waals surface area contributed by atoms with Crippen molar-refractivity contribution in [3.05, 3.63) is 42.1 Å². The minimum Gasteiger partial charge on any atom is -0.493 e. The Morgan fingerprint density at radius 3 is 2.55 bits per heavy atom. The van der Waals surface area contributed by atoms with Crippen LogP contribution in [0.5, 0.6) is 5.75 Å². The zero-order chi connectivity index (χ0) is 22.2. The summed E-state index contributed by atoms with van der Waals surface area (Å²) in [5.41, 5.74) is 0.440. The van der Waals surface area contributed by atoms with Crippen LogP contribution in [0.1, 0.15) is 30.9 Å². The maximum absolute atomic E-state index is 14.9. The van der Waals surface area contributed by atoms with E-state index in [4.69, 9.17) is 4.74 Å². The average Bonchev–Trinajstić information content (AvgIpc) is 2.72. The number of aromatic nitrogens is 2. The Morgan fingerprint density at radius 2 is 1.90 bits per heavy atom. The summed E-state index contributed by atoms with van der Waals surface area (Å²) in [5, 5.41) is 0. The fourth-order valence-corrected chi connectivity index (χ4v) is 5.12. The summed E-state index contributed by atoms with van der Waals surface area (Å²) in [4.78, 5) is 8.74. The number of hydrogen-bond donors (Lipinski definition) is 1. The van der Waals surface area contributed by atoms with E-state index in [1.54, 1.807) is 0 Å². The first-order chi connectivity index (χ1) is 14.6. The number of sulfonamides is 1. The third kappa shape index (κ3) is 4.59.